The summed E-state index contributed by atoms with van der Waals surface area (Å²) < 4.78 is 0. The van der Waals surface area contributed by atoms with Gasteiger partial charge in [-0.15, -0.1) is 5.11 Å². The molecule has 76 valence electrons. The van der Waals surface area contributed by atoms with Gasteiger partial charge in [0.15, 0.2) is 5.60 Å². The van der Waals surface area contributed by atoms with E-state index in [2.05, 4.69) is 29.6 Å². The van der Waals surface area contributed by atoms with Gasteiger partial charge in [-0.3, -0.25) is 0 Å². The van der Waals surface area contributed by atoms with Crippen molar-refractivity contribution in [2.45, 2.75) is 44.8 Å². The quantitative estimate of drug-likeness (QED) is 0.665. The van der Waals surface area contributed by atoms with Gasteiger partial charge in [0.05, 0.1) is 0 Å². The van der Waals surface area contributed by atoms with Crippen molar-refractivity contribution in [3.63, 3.8) is 0 Å². The molecule has 0 saturated carbocycles. The Kier molecular flexibility index (Phi) is 3.66. The van der Waals surface area contributed by atoms with E-state index < -0.39 is 0 Å². The Morgan fingerprint density at radius 2 is 2.23 bits per heavy atom. The number of unbranched alkanes of at least 4 members (excludes halogenated alkanes) is 1. The molecule has 4 nitrogen and oxygen atoms in total. The van der Waals surface area contributed by atoms with Crippen molar-refractivity contribution in [1.82, 2.24) is 5.32 Å². The van der Waals surface area contributed by atoms with Crippen molar-refractivity contribution >= 4 is 0 Å². The van der Waals surface area contributed by atoms with Crippen LogP contribution in [0.4, 0.5) is 0 Å². The summed E-state index contributed by atoms with van der Waals surface area (Å²) in [6.45, 7) is 5.20. The number of rotatable bonds is 5. The van der Waals surface area contributed by atoms with Crippen LogP contribution in [0.5, 0.6) is 0 Å². The molecular weight excluding hydrogens is 166 g/mol. The van der Waals surface area contributed by atoms with Crippen LogP contribution in [0.2, 0.25) is 0 Å². The Balaban J connectivity index is 2.20. The first-order valence-corrected chi connectivity index (χ1v) is 4.92. The Bertz CT molecular complexity index is 184. The fraction of sp³-hybridized carbons (Fsp3) is 1.00. The zero-order valence-electron chi connectivity index (χ0n) is 8.71. The maximum atomic E-state index is 5.27. The van der Waals surface area contributed by atoms with Crippen molar-refractivity contribution in [3.8, 4) is 0 Å². The Labute approximate surface area is 79.7 Å². The molecule has 1 rings (SSSR count). The van der Waals surface area contributed by atoms with Gasteiger partial charge in [-0.2, -0.15) is 0 Å². The van der Waals surface area contributed by atoms with E-state index in [0.717, 1.165) is 19.4 Å². The van der Waals surface area contributed by atoms with Gasteiger partial charge in [-0.05, 0) is 46.7 Å². The largest absolute Gasteiger partial charge is 0.371 e. The molecule has 0 amide bonds. The lowest BCUT2D eigenvalue weighted by Gasteiger charge is -2.23. The van der Waals surface area contributed by atoms with Crippen LogP contribution in [-0.4, -0.2) is 25.2 Å². The Morgan fingerprint density at radius 1 is 1.46 bits per heavy atom. The Morgan fingerprint density at radius 3 is 2.77 bits per heavy atom. The fourth-order valence-corrected chi connectivity index (χ4v) is 1.42. The third-order valence-corrected chi connectivity index (χ3v) is 2.70. The second kappa shape index (κ2) is 4.56. The SMILES string of the molecule is CNCCCCC1(C)ON=NC1C. The van der Waals surface area contributed by atoms with Crippen LogP contribution >= 0.6 is 0 Å². The van der Waals surface area contributed by atoms with Crippen LogP contribution < -0.4 is 5.32 Å². The summed E-state index contributed by atoms with van der Waals surface area (Å²) in [6.07, 6.45) is 3.37. The first kappa shape index (κ1) is 10.4. The number of nitrogens with zero attached hydrogens (tertiary/aromatic N) is 2. The first-order valence-electron chi connectivity index (χ1n) is 4.92. The summed E-state index contributed by atoms with van der Waals surface area (Å²) >= 11 is 0. The van der Waals surface area contributed by atoms with Gasteiger partial charge in [0.1, 0.15) is 6.04 Å². The molecule has 13 heavy (non-hydrogen) atoms. The van der Waals surface area contributed by atoms with Crippen LogP contribution in [-0.2, 0) is 4.84 Å². The van der Waals surface area contributed by atoms with Crippen molar-refractivity contribution in [2.75, 3.05) is 13.6 Å². The van der Waals surface area contributed by atoms with E-state index in [0.29, 0.717) is 0 Å². The molecule has 0 aromatic heterocycles. The first-order chi connectivity index (χ1) is 6.19. The molecule has 1 heterocycles. The number of hydrogen-bond donors (Lipinski definition) is 1. The molecule has 0 aromatic carbocycles. The molecule has 4 heteroatoms. The molecule has 0 aliphatic carbocycles. The van der Waals surface area contributed by atoms with E-state index in [9.17, 15) is 0 Å². The lowest BCUT2D eigenvalue weighted by atomic mass is 9.92. The van der Waals surface area contributed by atoms with Crippen molar-refractivity contribution in [3.05, 3.63) is 0 Å². The highest BCUT2D eigenvalue weighted by Gasteiger charge is 2.37. The predicted molar refractivity (Wildman–Crippen MR) is 51.6 cm³/mol. The summed E-state index contributed by atoms with van der Waals surface area (Å²) in [6, 6.07) is 0.196. The van der Waals surface area contributed by atoms with E-state index in [1.807, 2.05) is 7.05 Å². The molecular formula is C9H19N3O. The number of hydrogen-bond acceptors (Lipinski definition) is 4. The highest BCUT2D eigenvalue weighted by molar-refractivity contribution is 4.87. The maximum Gasteiger partial charge on any atom is 0.160 e. The standard InChI is InChI=1S/C9H19N3O/c1-8-9(2,13-12-11-8)6-4-5-7-10-3/h8,10H,4-7H2,1-3H3. The van der Waals surface area contributed by atoms with Crippen LogP contribution in [0, 0.1) is 0 Å². The van der Waals surface area contributed by atoms with Gasteiger partial charge in [-0.1, -0.05) is 0 Å². The van der Waals surface area contributed by atoms with Gasteiger partial charge < -0.3 is 10.2 Å². The second-order valence-electron chi connectivity index (χ2n) is 3.84. The van der Waals surface area contributed by atoms with Crippen LogP contribution in [0.1, 0.15) is 33.1 Å². The highest BCUT2D eigenvalue weighted by Crippen LogP contribution is 2.30. The third kappa shape index (κ3) is 2.66. The summed E-state index contributed by atoms with van der Waals surface area (Å²) in [7, 11) is 1.97. The molecule has 0 radical (unpaired) electrons. The lowest BCUT2D eigenvalue weighted by molar-refractivity contribution is -0.0184. The van der Waals surface area contributed by atoms with Crippen molar-refractivity contribution < 1.29 is 4.84 Å². The zero-order chi connectivity index (χ0) is 9.73. The minimum Gasteiger partial charge on any atom is -0.371 e. The Hall–Kier alpha value is -0.640. The average Bonchev–Trinajstić information content (AvgIpc) is 2.42. The molecule has 0 bridgehead atoms. The molecule has 1 N–H and O–H groups in total. The molecule has 0 spiro atoms. The van der Waals surface area contributed by atoms with Gasteiger partial charge in [0, 0.05) is 5.28 Å². The topological polar surface area (TPSA) is 46.0 Å². The van der Waals surface area contributed by atoms with Crippen LogP contribution in [0.3, 0.4) is 0 Å². The van der Waals surface area contributed by atoms with Crippen LogP contribution in [0.25, 0.3) is 0 Å². The zero-order valence-corrected chi connectivity index (χ0v) is 8.71. The van der Waals surface area contributed by atoms with Crippen LogP contribution in [0.15, 0.2) is 10.4 Å². The van der Waals surface area contributed by atoms with Gasteiger partial charge in [-0.25, -0.2) is 0 Å². The maximum absolute atomic E-state index is 5.27. The van der Waals surface area contributed by atoms with Gasteiger partial charge in [0.25, 0.3) is 0 Å². The molecule has 1 aliphatic rings. The predicted octanol–water partition coefficient (Wildman–Crippen LogP) is 1.92. The monoisotopic (exact) mass is 185 g/mol. The lowest BCUT2D eigenvalue weighted by Crippen LogP contribution is -2.34. The average molecular weight is 185 g/mol. The molecule has 1 aliphatic heterocycles. The molecule has 2 unspecified atom stereocenters. The number of nitrogens with one attached hydrogen (secondary N) is 1. The second-order valence-corrected chi connectivity index (χ2v) is 3.84. The van der Waals surface area contributed by atoms with Crippen molar-refractivity contribution in [1.29, 1.82) is 0 Å². The minimum absolute atomic E-state index is 0.159. The summed E-state index contributed by atoms with van der Waals surface area (Å²) in [5.74, 6) is 0. The van der Waals surface area contributed by atoms with E-state index in [1.54, 1.807) is 0 Å². The molecule has 0 saturated heterocycles. The van der Waals surface area contributed by atoms with Crippen molar-refractivity contribution in [2.24, 2.45) is 10.4 Å². The van der Waals surface area contributed by atoms with Gasteiger partial charge >= 0.3 is 0 Å². The van der Waals surface area contributed by atoms with E-state index in [4.69, 9.17) is 4.84 Å². The highest BCUT2D eigenvalue weighted by atomic mass is 16.7. The summed E-state index contributed by atoms with van der Waals surface area (Å²) in [5.41, 5.74) is -0.159. The smallest absolute Gasteiger partial charge is 0.160 e. The van der Waals surface area contributed by atoms with E-state index in [1.165, 1.54) is 6.42 Å². The van der Waals surface area contributed by atoms with E-state index in [-0.39, 0.29) is 11.6 Å². The molecule has 2 atom stereocenters. The summed E-state index contributed by atoms with van der Waals surface area (Å²) in [4.78, 5) is 5.27. The third-order valence-electron chi connectivity index (χ3n) is 2.70. The van der Waals surface area contributed by atoms with E-state index >= 15 is 0 Å². The minimum atomic E-state index is -0.159. The summed E-state index contributed by atoms with van der Waals surface area (Å²) in [5, 5.41) is 10.7. The normalized spacial score (nSPS) is 32.1. The molecule has 0 aromatic rings. The molecule has 0 fully saturated rings. The van der Waals surface area contributed by atoms with Gasteiger partial charge in [0.2, 0.25) is 0 Å². The fourth-order valence-electron chi connectivity index (χ4n) is 1.42.